The minimum Gasteiger partial charge on any atom is -0.318 e. The lowest BCUT2D eigenvalue weighted by Crippen LogP contribution is -2.54. The van der Waals surface area contributed by atoms with Crippen LogP contribution in [0.4, 0.5) is 0 Å². The summed E-state index contributed by atoms with van der Waals surface area (Å²) in [5.74, 6) is 0. The average Bonchev–Trinajstić information content (AvgIpc) is 2.25. The standard InChI is InChI=1S/C11H23N3O2S/c1-12-9-11-7-2-3-8-14(11)17(15,16)13-10-5-4-6-10/h10-13H,2-9H2,1H3. The number of nitrogens with one attached hydrogen (secondary N) is 2. The maximum atomic E-state index is 12.3. The van der Waals surface area contributed by atoms with Gasteiger partial charge in [-0.15, -0.1) is 0 Å². The van der Waals surface area contributed by atoms with Crippen molar-refractivity contribution in [3.8, 4) is 0 Å². The van der Waals surface area contributed by atoms with Crippen molar-refractivity contribution in [2.45, 2.75) is 50.6 Å². The van der Waals surface area contributed by atoms with Gasteiger partial charge in [0.05, 0.1) is 0 Å². The van der Waals surface area contributed by atoms with E-state index >= 15 is 0 Å². The first-order chi connectivity index (χ1) is 8.13. The van der Waals surface area contributed by atoms with Crippen molar-refractivity contribution in [1.82, 2.24) is 14.3 Å². The van der Waals surface area contributed by atoms with E-state index < -0.39 is 10.2 Å². The maximum Gasteiger partial charge on any atom is 0.279 e. The minimum absolute atomic E-state index is 0.117. The first kappa shape index (κ1) is 13.3. The lowest BCUT2D eigenvalue weighted by molar-refractivity contribution is 0.241. The molecule has 1 atom stereocenters. The molecule has 1 aliphatic carbocycles. The van der Waals surface area contributed by atoms with Crippen molar-refractivity contribution in [2.75, 3.05) is 20.1 Å². The molecule has 6 heteroatoms. The zero-order valence-electron chi connectivity index (χ0n) is 10.5. The molecule has 0 aromatic rings. The van der Waals surface area contributed by atoms with Gasteiger partial charge in [-0.2, -0.15) is 17.4 Å². The Hall–Kier alpha value is -0.170. The summed E-state index contributed by atoms with van der Waals surface area (Å²) in [6.07, 6.45) is 6.20. The van der Waals surface area contributed by atoms with Gasteiger partial charge in [-0.05, 0) is 32.7 Å². The van der Waals surface area contributed by atoms with Gasteiger partial charge in [0.15, 0.2) is 0 Å². The van der Waals surface area contributed by atoms with Crippen molar-refractivity contribution in [1.29, 1.82) is 0 Å². The second-order valence-electron chi connectivity index (χ2n) is 5.07. The highest BCUT2D eigenvalue weighted by molar-refractivity contribution is 7.87. The molecule has 17 heavy (non-hydrogen) atoms. The molecule has 100 valence electrons. The zero-order valence-corrected chi connectivity index (χ0v) is 11.3. The largest absolute Gasteiger partial charge is 0.318 e. The molecule has 2 rings (SSSR count). The summed E-state index contributed by atoms with van der Waals surface area (Å²) in [7, 11) is -1.40. The first-order valence-electron chi connectivity index (χ1n) is 6.57. The topological polar surface area (TPSA) is 61.4 Å². The van der Waals surface area contributed by atoms with Gasteiger partial charge in [-0.3, -0.25) is 0 Å². The van der Waals surface area contributed by atoms with Crippen molar-refractivity contribution >= 4 is 10.2 Å². The number of nitrogens with zero attached hydrogens (tertiary/aromatic N) is 1. The highest BCUT2D eigenvalue weighted by Gasteiger charge is 2.34. The molecule has 0 aromatic carbocycles. The van der Waals surface area contributed by atoms with Crippen LogP contribution in [0.3, 0.4) is 0 Å². The van der Waals surface area contributed by atoms with E-state index in [0.29, 0.717) is 6.54 Å². The summed E-state index contributed by atoms with van der Waals surface area (Å²) in [4.78, 5) is 0. The van der Waals surface area contributed by atoms with Crippen LogP contribution >= 0.6 is 0 Å². The quantitative estimate of drug-likeness (QED) is 0.755. The fourth-order valence-corrected chi connectivity index (χ4v) is 4.27. The molecular weight excluding hydrogens is 238 g/mol. The fraction of sp³-hybridized carbons (Fsp3) is 1.00. The third-order valence-corrected chi connectivity index (χ3v) is 5.47. The number of piperidine rings is 1. The second-order valence-corrected chi connectivity index (χ2v) is 6.72. The molecule has 0 bridgehead atoms. The molecule has 0 aromatic heterocycles. The Morgan fingerprint density at radius 1 is 1.18 bits per heavy atom. The van der Waals surface area contributed by atoms with E-state index in [4.69, 9.17) is 0 Å². The second kappa shape index (κ2) is 5.65. The summed E-state index contributed by atoms with van der Waals surface area (Å²) < 4.78 is 29.0. The molecular formula is C11H23N3O2S. The molecule has 0 spiro atoms. The number of hydrogen-bond donors (Lipinski definition) is 2. The zero-order chi connectivity index (χ0) is 12.3. The highest BCUT2D eigenvalue weighted by atomic mass is 32.2. The van der Waals surface area contributed by atoms with Gasteiger partial charge in [0.25, 0.3) is 10.2 Å². The molecule has 0 amide bonds. The van der Waals surface area contributed by atoms with E-state index in [9.17, 15) is 8.42 Å². The minimum atomic E-state index is -3.27. The third-order valence-electron chi connectivity index (χ3n) is 3.74. The van der Waals surface area contributed by atoms with Crippen LogP contribution < -0.4 is 10.0 Å². The van der Waals surface area contributed by atoms with Gasteiger partial charge < -0.3 is 5.32 Å². The molecule has 1 unspecified atom stereocenters. The Morgan fingerprint density at radius 3 is 2.53 bits per heavy atom. The Morgan fingerprint density at radius 2 is 1.94 bits per heavy atom. The number of likely N-dealkylation sites (N-methyl/N-ethyl adjacent to an activating group) is 1. The lowest BCUT2D eigenvalue weighted by atomic mass is 9.94. The lowest BCUT2D eigenvalue weighted by Gasteiger charge is -2.37. The monoisotopic (exact) mass is 261 g/mol. The molecule has 2 fully saturated rings. The van der Waals surface area contributed by atoms with Crippen LogP contribution in [0, 0.1) is 0 Å². The first-order valence-corrected chi connectivity index (χ1v) is 8.01. The van der Waals surface area contributed by atoms with Crippen LogP contribution in [-0.4, -0.2) is 44.9 Å². The van der Waals surface area contributed by atoms with Gasteiger partial charge in [0, 0.05) is 25.2 Å². The normalized spacial score (nSPS) is 27.9. The van der Waals surface area contributed by atoms with E-state index in [-0.39, 0.29) is 12.1 Å². The van der Waals surface area contributed by atoms with Crippen molar-refractivity contribution in [3.05, 3.63) is 0 Å². The van der Waals surface area contributed by atoms with Gasteiger partial charge >= 0.3 is 0 Å². The van der Waals surface area contributed by atoms with Crippen LogP contribution in [0.1, 0.15) is 38.5 Å². The Balaban J connectivity index is 2.00. The molecule has 0 radical (unpaired) electrons. The molecule has 1 aliphatic heterocycles. The SMILES string of the molecule is CNCC1CCCCN1S(=O)(=O)NC1CCC1. The van der Waals surface area contributed by atoms with Gasteiger partial charge in [0.2, 0.25) is 0 Å². The van der Waals surface area contributed by atoms with Gasteiger partial charge in [0.1, 0.15) is 0 Å². The molecule has 2 N–H and O–H groups in total. The van der Waals surface area contributed by atoms with Crippen LogP contribution in [-0.2, 0) is 10.2 Å². The van der Waals surface area contributed by atoms with Crippen molar-refractivity contribution in [3.63, 3.8) is 0 Å². The van der Waals surface area contributed by atoms with Crippen molar-refractivity contribution in [2.24, 2.45) is 0 Å². The summed E-state index contributed by atoms with van der Waals surface area (Å²) in [5, 5.41) is 3.09. The van der Waals surface area contributed by atoms with Gasteiger partial charge in [-0.25, -0.2) is 0 Å². The highest BCUT2D eigenvalue weighted by Crippen LogP contribution is 2.23. The predicted molar refractivity (Wildman–Crippen MR) is 68.0 cm³/mol. The maximum absolute atomic E-state index is 12.3. The average molecular weight is 261 g/mol. The molecule has 2 aliphatic rings. The third kappa shape index (κ3) is 3.19. The molecule has 1 saturated carbocycles. The van der Waals surface area contributed by atoms with Crippen molar-refractivity contribution < 1.29 is 8.42 Å². The fourth-order valence-electron chi connectivity index (χ4n) is 2.53. The van der Waals surface area contributed by atoms with Crippen LogP contribution in [0.25, 0.3) is 0 Å². The summed E-state index contributed by atoms with van der Waals surface area (Å²) in [6.45, 7) is 1.40. The van der Waals surface area contributed by atoms with Crippen LogP contribution in [0.2, 0.25) is 0 Å². The smallest absolute Gasteiger partial charge is 0.279 e. The van der Waals surface area contributed by atoms with Crippen LogP contribution in [0.5, 0.6) is 0 Å². The van der Waals surface area contributed by atoms with E-state index in [2.05, 4.69) is 10.0 Å². The Kier molecular flexibility index (Phi) is 4.41. The van der Waals surface area contributed by atoms with Gasteiger partial charge in [-0.1, -0.05) is 12.8 Å². The Bertz CT molecular complexity index is 339. The number of hydrogen-bond acceptors (Lipinski definition) is 3. The number of rotatable bonds is 5. The van der Waals surface area contributed by atoms with Crippen LogP contribution in [0.15, 0.2) is 0 Å². The summed E-state index contributed by atoms with van der Waals surface area (Å²) in [5.41, 5.74) is 0. The molecule has 5 nitrogen and oxygen atoms in total. The van der Waals surface area contributed by atoms with E-state index in [1.54, 1.807) is 4.31 Å². The van der Waals surface area contributed by atoms with E-state index in [1.807, 2.05) is 7.05 Å². The molecule has 1 saturated heterocycles. The van der Waals surface area contributed by atoms with E-state index in [0.717, 1.165) is 45.1 Å². The van der Waals surface area contributed by atoms with E-state index in [1.165, 1.54) is 0 Å². The predicted octanol–water partition coefficient (Wildman–Crippen LogP) is 0.447. The Labute approximate surface area is 104 Å². The summed E-state index contributed by atoms with van der Waals surface area (Å²) in [6, 6.07) is 0.295. The summed E-state index contributed by atoms with van der Waals surface area (Å²) >= 11 is 0. The molecule has 1 heterocycles.